The Morgan fingerprint density at radius 2 is 2.06 bits per heavy atom. The largest absolute Gasteiger partial charge is 0.311 e. The van der Waals surface area contributed by atoms with Gasteiger partial charge in [-0.1, -0.05) is 52.3 Å². The summed E-state index contributed by atoms with van der Waals surface area (Å²) in [5, 5.41) is 3.70. The normalized spacial score (nSPS) is 28.2. The van der Waals surface area contributed by atoms with Gasteiger partial charge in [0.2, 0.25) is 0 Å². The molecule has 0 saturated carbocycles. The van der Waals surface area contributed by atoms with E-state index in [9.17, 15) is 0 Å². The molecule has 1 N–H and O–H groups in total. The van der Waals surface area contributed by atoms with Crippen LogP contribution in [0.2, 0.25) is 0 Å². The quantitative estimate of drug-likeness (QED) is 0.837. The second-order valence-electron chi connectivity index (χ2n) is 6.45. The smallest absolute Gasteiger partial charge is 0.0247 e. The van der Waals surface area contributed by atoms with E-state index >= 15 is 0 Å². The Balaban J connectivity index is 2.69. The van der Waals surface area contributed by atoms with Crippen LogP contribution in [0.25, 0.3) is 0 Å². The van der Waals surface area contributed by atoms with Gasteiger partial charge in [-0.2, -0.15) is 0 Å². The van der Waals surface area contributed by atoms with Crippen LogP contribution in [0.5, 0.6) is 0 Å². The van der Waals surface area contributed by atoms with Gasteiger partial charge in [-0.05, 0) is 11.3 Å². The Morgan fingerprint density at radius 3 is 2.53 bits per heavy atom. The number of nitrogens with zero attached hydrogens (tertiary/aromatic N) is 1. The standard InChI is InChI=1S/C14H27ClN2/c1-11(2)12-9-16-13(14(3,4)5)10-17(12)8-6-7-15/h6-7,11-13,16H,8-10H2,1-5H3/b7-6+. The molecule has 1 heterocycles. The summed E-state index contributed by atoms with van der Waals surface area (Å²) in [6.45, 7) is 14.6. The molecule has 1 saturated heterocycles. The number of nitrogens with one attached hydrogen (secondary N) is 1. The number of hydrogen-bond acceptors (Lipinski definition) is 2. The monoisotopic (exact) mass is 258 g/mol. The molecule has 0 aromatic rings. The average molecular weight is 259 g/mol. The fraction of sp³-hybridized carbons (Fsp3) is 0.857. The third-order valence-electron chi connectivity index (χ3n) is 3.70. The summed E-state index contributed by atoms with van der Waals surface area (Å²) >= 11 is 5.65. The molecular formula is C14H27ClN2. The maximum absolute atomic E-state index is 5.65. The molecule has 1 aliphatic heterocycles. The summed E-state index contributed by atoms with van der Waals surface area (Å²) in [4.78, 5) is 2.55. The van der Waals surface area contributed by atoms with Crippen LogP contribution in [0.3, 0.4) is 0 Å². The molecular weight excluding hydrogens is 232 g/mol. The van der Waals surface area contributed by atoms with E-state index < -0.39 is 0 Å². The summed E-state index contributed by atoms with van der Waals surface area (Å²) in [5.41, 5.74) is 1.94. The molecule has 0 aromatic heterocycles. The van der Waals surface area contributed by atoms with Crippen LogP contribution in [-0.4, -0.2) is 36.6 Å². The Kier molecular flexibility index (Phi) is 5.49. The van der Waals surface area contributed by atoms with Gasteiger partial charge in [0.05, 0.1) is 0 Å². The van der Waals surface area contributed by atoms with Gasteiger partial charge in [0.25, 0.3) is 0 Å². The zero-order valence-corrected chi connectivity index (χ0v) is 12.6. The van der Waals surface area contributed by atoms with Crippen LogP contribution < -0.4 is 5.32 Å². The van der Waals surface area contributed by atoms with Crippen LogP contribution in [0.15, 0.2) is 11.6 Å². The van der Waals surface area contributed by atoms with E-state index in [1.807, 2.05) is 6.08 Å². The van der Waals surface area contributed by atoms with Crippen molar-refractivity contribution in [2.75, 3.05) is 19.6 Å². The zero-order chi connectivity index (χ0) is 13.1. The Morgan fingerprint density at radius 1 is 1.41 bits per heavy atom. The van der Waals surface area contributed by atoms with Gasteiger partial charge in [-0.15, -0.1) is 0 Å². The van der Waals surface area contributed by atoms with Crippen LogP contribution >= 0.6 is 11.6 Å². The fourth-order valence-corrected chi connectivity index (χ4v) is 2.53. The van der Waals surface area contributed by atoms with Crippen molar-refractivity contribution in [3.05, 3.63) is 11.6 Å². The second-order valence-corrected chi connectivity index (χ2v) is 6.71. The number of piperazine rings is 1. The van der Waals surface area contributed by atoms with Crippen molar-refractivity contribution in [2.45, 2.75) is 46.7 Å². The summed E-state index contributed by atoms with van der Waals surface area (Å²) < 4.78 is 0. The molecule has 2 nitrogen and oxygen atoms in total. The van der Waals surface area contributed by atoms with Gasteiger partial charge >= 0.3 is 0 Å². The van der Waals surface area contributed by atoms with Crippen LogP contribution in [0.4, 0.5) is 0 Å². The van der Waals surface area contributed by atoms with Crippen LogP contribution in [-0.2, 0) is 0 Å². The molecule has 2 unspecified atom stereocenters. The van der Waals surface area contributed by atoms with Crippen molar-refractivity contribution >= 4 is 11.6 Å². The highest BCUT2D eigenvalue weighted by Gasteiger charge is 2.34. The molecule has 2 atom stereocenters. The zero-order valence-electron chi connectivity index (χ0n) is 11.8. The average Bonchev–Trinajstić information content (AvgIpc) is 2.24. The highest BCUT2D eigenvalue weighted by Crippen LogP contribution is 2.25. The van der Waals surface area contributed by atoms with Crippen LogP contribution in [0, 0.1) is 11.3 Å². The number of halogens is 1. The first kappa shape index (κ1) is 15.0. The first-order valence-corrected chi connectivity index (χ1v) is 7.02. The molecule has 0 bridgehead atoms. The molecule has 0 aliphatic carbocycles. The molecule has 0 amide bonds. The maximum atomic E-state index is 5.65. The van der Waals surface area contributed by atoms with E-state index in [0.29, 0.717) is 23.4 Å². The fourth-order valence-electron chi connectivity index (χ4n) is 2.45. The van der Waals surface area contributed by atoms with Crippen molar-refractivity contribution in [1.29, 1.82) is 0 Å². The molecule has 0 spiro atoms. The first-order valence-electron chi connectivity index (χ1n) is 6.59. The first-order chi connectivity index (χ1) is 7.86. The lowest BCUT2D eigenvalue weighted by Crippen LogP contribution is -2.61. The van der Waals surface area contributed by atoms with E-state index in [1.165, 1.54) is 0 Å². The Bertz CT molecular complexity index is 255. The third kappa shape index (κ3) is 4.27. The van der Waals surface area contributed by atoms with Gasteiger partial charge in [-0.3, -0.25) is 4.90 Å². The predicted molar refractivity (Wildman–Crippen MR) is 76.4 cm³/mol. The maximum Gasteiger partial charge on any atom is 0.0247 e. The van der Waals surface area contributed by atoms with Crippen molar-refractivity contribution in [2.24, 2.45) is 11.3 Å². The lowest BCUT2D eigenvalue weighted by atomic mass is 9.83. The Hall–Kier alpha value is -0.0500. The number of rotatable bonds is 3. The van der Waals surface area contributed by atoms with E-state index in [4.69, 9.17) is 11.6 Å². The minimum Gasteiger partial charge on any atom is -0.311 e. The van der Waals surface area contributed by atoms with Gasteiger partial charge in [0.1, 0.15) is 0 Å². The molecule has 100 valence electrons. The summed E-state index contributed by atoms with van der Waals surface area (Å²) in [6, 6.07) is 1.17. The lowest BCUT2D eigenvalue weighted by molar-refractivity contribution is 0.0730. The van der Waals surface area contributed by atoms with Gasteiger partial charge in [0.15, 0.2) is 0 Å². The number of hydrogen-bond donors (Lipinski definition) is 1. The van der Waals surface area contributed by atoms with E-state index in [0.717, 1.165) is 19.6 Å². The lowest BCUT2D eigenvalue weighted by Gasteiger charge is -2.46. The van der Waals surface area contributed by atoms with Crippen molar-refractivity contribution in [3.8, 4) is 0 Å². The van der Waals surface area contributed by atoms with Gasteiger partial charge < -0.3 is 5.32 Å². The van der Waals surface area contributed by atoms with E-state index in [-0.39, 0.29) is 0 Å². The third-order valence-corrected chi connectivity index (χ3v) is 3.88. The molecule has 1 fully saturated rings. The summed E-state index contributed by atoms with van der Waals surface area (Å²) in [5.74, 6) is 0.673. The van der Waals surface area contributed by atoms with Crippen LogP contribution in [0.1, 0.15) is 34.6 Å². The highest BCUT2D eigenvalue weighted by molar-refractivity contribution is 6.25. The molecule has 1 rings (SSSR count). The molecule has 3 heteroatoms. The van der Waals surface area contributed by atoms with Crippen molar-refractivity contribution in [3.63, 3.8) is 0 Å². The van der Waals surface area contributed by atoms with E-state index in [1.54, 1.807) is 5.54 Å². The topological polar surface area (TPSA) is 15.3 Å². The second kappa shape index (κ2) is 6.21. The highest BCUT2D eigenvalue weighted by atomic mass is 35.5. The molecule has 0 aromatic carbocycles. The molecule has 0 radical (unpaired) electrons. The minimum absolute atomic E-state index is 0.310. The molecule has 1 aliphatic rings. The molecule has 17 heavy (non-hydrogen) atoms. The van der Waals surface area contributed by atoms with Crippen molar-refractivity contribution < 1.29 is 0 Å². The van der Waals surface area contributed by atoms with E-state index in [2.05, 4.69) is 44.8 Å². The van der Waals surface area contributed by atoms with Crippen molar-refractivity contribution in [1.82, 2.24) is 10.2 Å². The van der Waals surface area contributed by atoms with Gasteiger partial charge in [-0.25, -0.2) is 0 Å². The Labute approximate surface area is 111 Å². The predicted octanol–water partition coefficient (Wildman–Crippen LogP) is 3.08. The van der Waals surface area contributed by atoms with Gasteiger partial charge in [0, 0.05) is 37.3 Å². The summed E-state index contributed by atoms with van der Waals surface area (Å²) in [7, 11) is 0. The SMILES string of the molecule is CC(C)C1CNC(C(C)(C)C)CN1C/C=C/Cl. The summed E-state index contributed by atoms with van der Waals surface area (Å²) in [6.07, 6.45) is 2.04. The minimum atomic E-state index is 0.310.